The van der Waals surface area contributed by atoms with Crippen molar-refractivity contribution in [2.24, 2.45) is 0 Å². The van der Waals surface area contributed by atoms with Gasteiger partial charge in [0.2, 0.25) is 0 Å². The van der Waals surface area contributed by atoms with Gasteiger partial charge in [0.15, 0.2) is 5.11 Å². The van der Waals surface area contributed by atoms with E-state index in [9.17, 15) is 0 Å². The molecular formula is C18H23N3OS. The lowest BCUT2D eigenvalue weighted by Gasteiger charge is -2.30. The summed E-state index contributed by atoms with van der Waals surface area (Å²) < 4.78 is 5.14. The molecule has 1 atom stereocenters. The predicted molar refractivity (Wildman–Crippen MR) is 99.5 cm³/mol. The van der Waals surface area contributed by atoms with Gasteiger partial charge in [0.25, 0.3) is 0 Å². The second-order valence-electron chi connectivity index (χ2n) is 5.98. The predicted octanol–water partition coefficient (Wildman–Crippen LogP) is 3.17. The third-order valence-electron chi connectivity index (χ3n) is 4.22. The van der Waals surface area contributed by atoms with Crippen molar-refractivity contribution in [3.8, 4) is 0 Å². The van der Waals surface area contributed by atoms with Crippen LogP contribution in [0.1, 0.15) is 18.9 Å². The van der Waals surface area contributed by atoms with E-state index in [-0.39, 0.29) is 6.04 Å². The number of thiocarbonyl (C=S) groups is 1. The molecule has 2 aromatic rings. The number of ether oxygens (including phenoxy) is 1. The molecule has 1 aromatic carbocycles. The third-order valence-corrected chi connectivity index (χ3v) is 4.59. The van der Waals surface area contributed by atoms with Crippen LogP contribution in [-0.2, 0) is 4.74 Å². The van der Waals surface area contributed by atoms with Crippen LogP contribution in [0.4, 0.5) is 0 Å². The number of nitrogens with zero attached hydrogens (tertiary/aromatic N) is 1. The van der Waals surface area contributed by atoms with E-state index in [2.05, 4.69) is 58.7 Å². The van der Waals surface area contributed by atoms with Gasteiger partial charge in [-0.3, -0.25) is 0 Å². The number of methoxy groups -OCH3 is 1. The number of hydrogen-bond acceptors (Lipinski definition) is 2. The normalized spacial score (nSPS) is 16.3. The first-order valence-corrected chi connectivity index (χ1v) is 8.39. The van der Waals surface area contributed by atoms with Crippen LogP contribution in [0, 0.1) is 0 Å². The van der Waals surface area contributed by atoms with Crippen molar-refractivity contribution >= 4 is 33.8 Å². The molecule has 0 bridgehead atoms. The Morgan fingerprint density at radius 3 is 3.00 bits per heavy atom. The first-order valence-electron chi connectivity index (χ1n) is 7.99. The van der Waals surface area contributed by atoms with E-state index in [1.807, 2.05) is 0 Å². The van der Waals surface area contributed by atoms with E-state index in [4.69, 9.17) is 17.0 Å². The van der Waals surface area contributed by atoms with Crippen LogP contribution < -0.4 is 5.32 Å². The highest BCUT2D eigenvalue weighted by molar-refractivity contribution is 7.80. The zero-order valence-electron chi connectivity index (χ0n) is 13.6. The number of aromatic nitrogens is 1. The monoisotopic (exact) mass is 329 g/mol. The van der Waals surface area contributed by atoms with Crippen LogP contribution in [0.3, 0.4) is 0 Å². The largest absolute Gasteiger partial charge is 0.383 e. The number of para-hydroxylation sites is 1. The van der Waals surface area contributed by atoms with Gasteiger partial charge in [0, 0.05) is 48.9 Å². The summed E-state index contributed by atoms with van der Waals surface area (Å²) in [4.78, 5) is 5.56. The van der Waals surface area contributed by atoms with Gasteiger partial charge in [0.1, 0.15) is 0 Å². The van der Waals surface area contributed by atoms with E-state index in [1.165, 1.54) is 22.0 Å². The number of benzene rings is 1. The van der Waals surface area contributed by atoms with Crippen LogP contribution in [0.2, 0.25) is 0 Å². The van der Waals surface area contributed by atoms with Crippen LogP contribution in [0.5, 0.6) is 0 Å². The fourth-order valence-corrected chi connectivity index (χ4v) is 3.40. The maximum Gasteiger partial charge on any atom is 0.169 e. The second-order valence-corrected chi connectivity index (χ2v) is 6.37. The summed E-state index contributed by atoms with van der Waals surface area (Å²) in [5, 5.41) is 5.43. The average Bonchev–Trinajstić information content (AvgIpc) is 2.99. The summed E-state index contributed by atoms with van der Waals surface area (Å²) in [6, 6.07) is 8.67. The molecule has 122 valence electrons. The Kier molecular flexibility index (Phi) is 4.98. The molecular weight excluding hydrogens is 306 g/mol. The lowest BCUT2D eigenvalue weighted by Crippen LogP contribution is -2.46. The molecule has 0 radical (unpaired) electrons. The van der Waals surface area contributed by atoms with Crippen molar-refractivity contribution in [3.05, 3.63) is 42.1 Å². The fraction of sp³-hybridized carbons (Fsp3) is 0.389. The van der Waals surface area contributed by atoms with E-state index in [0.29, 0.717) is 6.61 Å². The quantitative estimate of drug-likeness (QED) is 0.846. The number of hydrogen-bond donors (Lipinski definition) is 2. The Balaban J connectivity index is 1.68. The van der Waals surface area contributed by atoms with Gasteiger partial charge in [0.05, 0.1) is 6.61 Å². The minimum absolute atomic E-state index is 0.228. The molecule has 2 heterocycles. The Hall–Kier alpha value is -1.85. The number of H-pyrrole nitrogens is 1. The average molecular weight is 329 g/mol. The molecule has 4 nitrogen and oxygen atoms in total. The maximum absolute atomic E-state index is 5.50. The van der Waals surface area contributed by atoms with Crippen molar-refractivity contribution < 1.29 is 4.74 Å². The highest BCUT2D eigenvalue weighted by Crippen LogP contribution is 2.29. The SMILES string of the molecule is COC[C@@H](C)NC(=S)N1CC=C(c2c[nH]c3ccccc23)CC1. The molecule has 5 heteroatoms. The van der Waals surface area contributed by atoms with Gasteiger partial charge in [-0.1, -0.05) is 24.3 Å². The molecule has 1 aromatic heterocycles. The minimum atomic E-state index is 0.228. The van der Waals surface area contributed by atoms with Crippen LogP contribution >= 0.6 is 12.2 Å². The van der Waals surface area contributed by atoms with Crippen molar-refractivity contribution in [2.45, 2.75) is 19.4 Å². The number of rotatable bonds is 4. The van der Waals surface area contributed by atoms with Gasteiger partial charge in [-0.05, 0) is 37.2 Å². The second kappa shape index (κ2) is 7.15. The lowest BCUT2D eigenvalue weighted by molar-refractivity contribution is 0.178. The summed E-state index contributed by atoms with van der Waals surface area (Å²) >= 11 is 5.50. The van der Waals surface area contributed by atoms with E-state index < -0.39 is 0 Å². The lowest BCUT2D eigenvalue weighted by atomic mass is 9.99. The van der Waals surface area contributed by atoms with Crippen molar-refractivity contribution in [3.63, 3.8) is 0 Å². The Labute approximate surface area is 142 Å². The van der Waals surface area contributed by atoms with Crippen LogP contribution in [0.25, 0.3) is 16.5 Å². The van der Waals surface area contributed by atoms with E-state index in [0.717, 1.165) is 24.6 Å². The standard InChI is InChI=1S/C18H23N3OS/c1-13(12-22-2)20-18(23)21-9-7-14(8-10-21)16-11-19-17-6-4-3-5-15(16)17/h3-7,11,13,19H,8-10,12H2,1-2H3,(H,20,23)/t13-/m1/s1. The molecule has 0 amide bonds. The molecule has 1 aliphatic rings. The first kappa shape index (κ1) is 16.0. The topological polar surface area (TPSA) is 40.3 Å². The molecule has 0 spiro atoms. The smallest absolute Gasteiger partial charge is 0.169 e. The minimum Gasteiger partial charge on any atom is -0.383 e. The molecule has 23 heavy (non-hydrogen) atoms. The summed E-state index contributed by atoms with van der Waals surface area (Å²) in [5.74, 6) is 0. The first-order chi connectivity index (χ1) is 11.2. The maximum atomic E-state index is 5.50. The number of aromatic amines is 1. The van der Waals surface area contributed by atoms with Crippen LogP contribution in [-0.4, -0.2) is 47.8 Å². The Morgan fingerprint density at radius 2 is 2.26 bits per heavy atom. The van der Waals surface area contributed by atoms with Crippen LogP contribution in [0.15, 0.2) is 36.5 Å². The molecule has 1 aliphatic heterocycles. The Morgan fingerprint density at radius 1 is 1.43 bits per heavy atom. The summed E-state index contributed by atoms with van der Waals surface area (Å²) in [6.07, 6.45) is 5.40. The molecule has 0 fully saturated rings. The molecule has 0 saturated carbocycles. The zero-order valence-corrected chi connectivity index (χ0v) is 14.5. The zero-order chi connectivity index (χ0) is 16.2. The fourth-order valence-electron chi connectivity index (χ4n) is 3.03. The Bertz CT molecular complexity index is 722. The van der Waals surface area contributed by atoms with Gasteiger partial charge in [-0.25, -0.2) is 0 Å². The van der Waals surface area contributed by atoms with E-state index >= 15 is 0 Å². The third kappa shape index (κ3) is 3.57. The summed E-state index contributed by atoms with van der Waals surface area (Å²) in [7, 11) is 1.71. The van der Waals surface area contributed by atoms with Crippen molar-refractivity contribution in [1.29, 1.82) is 0 Å². The van der Waals surface area contributed by atoms with Gasteiger partial charge >= 0.3 is 0 Å². The molecule has 3 rings (SSSR count). The summed E-state index contributed by atoms with van der Waals surface area (Å²) in [5.41, 5.74) is 3.90. The number of nitrogens with one attached hydrogen (secondary N) is 2. The van der Waals surface area contributed by atoms with Crippen molar-refractivity contribution in [1.82, 2.24) is 15.2 Å². The highest BCUT2D eigenvalue weighted by atomic mass is 32.1. The summed E-state index contributed by atoms with van der Waals surface area (Å²) in [6.45, 7) is 4.52. The number of fused-ring (bicyclic) bond motifs is 1. The van der Waals surface area contributed by atoms with Gasteiger partial charge in [-0.2, -0.15) is 0 Å². The molecule has 0 aliphatic carbocycles. The molecule has 0 saturated heterocycles. The van der Waals surface area contributed by atoms with E-state index in [1.54, 1.807) is 7.11 Å². The molecule has 2 N–H and O–H groups in total. The van der Waals surface area contributed by atoms with Gasteiger partial charge < -0.3 is 19.9 Å². The molecule has 0 unspecified atom stereocenters. The van der Waals surface area contributed by atoms with Crippen molar-refractivity contribution in [2.75, 3.05) is 26.8 Å². The highest BCUT2D eigenvalue weighted by Gasteiger charge is 2.18. The van der Waals surface area contributed by atoms with Gasteiger partial charge in [-0.15, -0.1) is 0 Å².